The maximum atomic E-state index is 15.8. The lowest BCUT2D eigenvalue weighted by molar-refractivity contribution is -0.156. The Hall–Kier alpha value is -3.13. The zero-order chi connectivity index (χ0) is 31.5. The molecule has 1 aliphatic rings. The Labute approximate surface area is 246 Å². The van der Waals surface area contributed by atoms with Crippen molar-refractivity contribution < 1.29 is 34.3 Å². The smallest absolute Gasteiger partial charge is 0.330 e. The Morgan fingerprint density at radius 2 is 1.90 bits per heavy atom. The Morgan fingerprint density at radius 3 is 2.51 bits per heavy atom. The van der Waals surface area contributed by atoms with E-state index in [1.807, 2.05) is 0 Å². The minimum Gasteiger partial charge on any atom is -0.495 e. The van der Waals surface area contributed by atoms with Crippen LogP contribution in [0.4, 0.5) is 4.39 Å². The van der Waals surface area contributed by atoms with Crippen molar-refractivity contribution in [3.63, 3.8) is 0 Å². The molecule has 1 aliphatic heterocycles. The van der Waals surface area contributed by atoms with Crippen LogP contribution in [0.15, 0.2) is 27.9 Å². The number of esters is 1. The summed E-state index contributed by atoms with van der Waals surface area (Å²) in [5, 5.41) is 2.91. The number of halogens is 3. The summed E-state index contributed by atoms with van der Waals surface area (Å²) in [6, 6.07) is 1.36. The molecule has 1 aromatic carbocycles. The summed E-state index contributed by atoms with van der Waals surface area (Å²) in [5.74, 6) is -2.80. The largest absolute Gasteiger partial charge is 0.495 e. The summed E-state index contributed by atoms with van der Waals surface area (Å²) >= 11 is 12.2. The van der Waals surface area contributed by atoms with Gasteiger partial charge in [-0.1, -0.05) is 44.0 Å². The summed E-state index contributed by atoms with van der Waals surface area (Å²) in [6.45, 7) is 5.49. The number of carbonyl (C=O) groups is 2. The Balaban J connectivity index is 1.82. The fraction of sp³-hybridized carbons (Fsp3) is 0.538. The fourth-order valence-electron chi connectivity index (χ4n) is 3.98. The molecular weight excluding hydrogens is 586 g/mol. The number of methoxy groups -OCH3 is 1. The van der Waals surface area contributed by atoms with E-state index in [0.29, 0.717) is 0 Å². The third-order valence-corrected chi connectivity index (χ3v) is 7.04. The molecule has 12 nitrogen and oxygen atoms in total. The van der Waals surface area contributed by atoms with Gasteiger partial charge in [0.05, 0.1) is 17.2 Å². The number of nitrogens with two attached hydrogens (primary N) is 1. The van der Waals surface area contributed by atoms with E-state index in [2.05, 4.69) is 10.3 Å². The van der Waals surface area contributed by atoms with Crippen LogP contribution in [0.2, 0.25) is 10.0 Å². The number of H-pyrrole nitrogens is 1. The topological polar surface area (TPSA) is 164 Å². The first-order valence-electron chi connectivity index (χ1n) is 13.2. The number of amides is 1. The van der Waals surface area contributed by atoms with Crippen LogP contribution in [0, 0.1) is 5.89 Å². The van der Waals surface area contributed by atoms with Crippen LogP contribution in [0.5, 0.6) is 11.5 Å². The highest BCUT2D eigenvalue weighted by Gasteiger charge is 2.49. The molecule has 0 saturated carbocycles. The Kier molecular flexibility index (Phi) is 10.3. The summed E-state index contributed by atoms with van der Waals surface area (Å²) < 4.78 is 46.6. The second-order valence-electron chi connectivity index (χ2n) is 9.56. The van der Waals surface area contributed by atoms with Crippen LogP contribution in [0.3, 0.4) is 0 Å². The van der Waals surface area contributed by atoms with Gasteiger partial charge in [0, 0.05) is 25.7 Å². The zero-order valence-corrected chi connectivity index (χ0v) is 24.5. The first kappa shape index (κ1) is 30.8. The lowest BCUT2D eigenvalue weighted by atomic mass is 10.1. The van der Waals surface area contributed by atoms with Crippen molar-refractivity contribution in [2.24, 2.45) is 11.6 Å². The Morgan fingerprint density at radius 1 is 1.24 bits per heavy atom. The van der Waals surface area contributed by atoms with Crippen LogP contribution >= 0.6 is 23.2 Å². The highest BCUT2D eigenvalue weighted by molar-refractivity contribution is 6.36. The number of aromatic nitrogens is 2. The maximum Gasteiger partial charge on any atom is 0.330 e. The number of carbonyl (C=O) groups excluding carboxylic acids is 2. The van der Waals surface area contributed by atoms with Crippen molar-refractivity contribution in [3.8, 4) is 11.5 Å². The highest BCUT2D eigenvalue weighted by Crippen LogP contribution is 2.36. The Bertz CT molecular complexity index is 1430. The molecule has 226 valence electrons. The van der Waals surface area contributed by atoms with Gasteiger partial charge in [0.15, 0.2) is 24.6 Å². The van der Waals surface area contributed by atoms with Crippen molar-refractivity contribution in [3.05, 3.63) is 54.8 Å². The lowest BCUT2D eigenvalue weighted by Crippen LogP contribution is -2.47. The minimum atomic E-state index is -2.11. The average Bonchev–Trinajstić information content (AvgIpc) is 3.22. The quantitative estimate of drug-likeness (QED) is 0.319. The van der Waals surface area contributed by atoms with Crippen molar-refractivity contribution in [1.82, 2.24) is 14.9 Å². The minimum absolute atomic E-state index is 0.115. The number of hydrogen-bond acceptors (Lipinski definition) is 9. The van der Waals surface area contributed by atoms with Crippen molar-refractivity contribution in [2.45, 2.75) is 70.9 Å². The number of rotatable bonds is 11. The van der Waals surface area contributed by atoms with Gasteiger partial charge in [-0.25, -0.2) is 9.18 Å². The summed E-state index contributed by atoms with van der Waals surface area (Å²) in [4.78, 5) is 52.2. The van der Waals surface area contributed by atoms with E-state index in [1.54, 1.807) is 6.92 Å². The van der Waals surface area contributed by atoms with Gasteiger partial charge < -0.3 is 30.0 Å². The average molecular weight is 620 g/mol. The standard InChI is InChI=1S/C26H33Cl2FN4O8/c1-6-13-10-33(26(37)32-23(13)35)24-19(29)21(41-25(36)20(30)11(2)3)18(40-24)9-31-22(34)12(4)39-17-8-16(38-5)14(27)7-15(17)28/h7-8,10-12,18-21,24H,6,9,30H2,1-5H3,(H,31,34)(H,32,35,37)/t12-,18+,19-,20+,21+,24?/m0/s1/i11D. The molecule has 41 heavy (non-hydrogen) atoms. The number of hydrogen-bond donors (Lipinski definition) is 3. The van der Waals surface area contributed by atoms with E-state index in [9.17, 15) is 19.2 Å². The molecule has 0 spiro atoms. The highest BCUT2D eigenvalue weighted by atomic mass is 35.5. The third kappa shape index (κ3) is 7.39. The van der Waals surface area contributed by atoms with E-state index in [1.165, 1.54) is 40.0 Å². The SMILES string of the molecule is [2H]C(C)(C)[C@@H](N)C(=O)O[C@H]1[C@H](F)C(n2cc(CC)c(=O)[nH]c2=O)O[C@@H]1CNC(=O)[C@H](C)Oc1cc(OC)c(Cl)cc1Cl. The third-order valence-electron chi connectivity index (χ3n) is 6.45. The number of aromatic amines is 1. The molecule has 3 rings (SSSR count). The molecule has 1 unspecified atom stereocenters. The molecule has 0 aliphatic carbocycles. The predicted octanol–water partition coefficient (Wildman–Crippen LogP) is 2.13. The van der Waals surface area contributed by atoms with E-state index < -0.39 is 65.8 Å². The van der Waals surface area contributed by atoms with Crippen LogP contribution in [0.1, 0.15) is 40.9 Å². The van der Waals surface area contributed by atoms with Gasteiger partial charge in [0.2, 0.25) is 0 Å². The maximum absolute atomic E-state index is 15.8. The summed E-state index contributed by atoms with van der Waals surface area (Å²) in [7, 11) is 1.40. The zero-order valence-electron chi connectivity index (χ0n) is 24.0. The van der Waals surface area contributed by atoms with Gasteiger partial charge >= 0.3 is 11.7 Å². The number of benzene rings is 1. The number of alkyl halides is 1. The van der Waals surface area contributed by atoms with Gasteiger partial charge in [-0.05, 0) is 25.3 Å². The molecule has 1 amide bonds. The first-order valence-corrected chi connectivity index (χ1v) is 13.4. The predicted molar refractivity (Wildman–Crippen MR) is 148 cm³/mol. The normalized spacial score (nSPS) is 22.4. The van der Waals surface area contributed by atoms with Crippen LogP contribution < -0.4 is 31.8 Å². The van der Waals surface area contributed by atoms with Crippen LogP contribution in [-0.2, 0) is 25.5 Å². The molecule has 15 heteroatoms. The number of nitrogens with zero attached hydrogens (tertiary/aromatic N) is 1. The molecular formula is C26H33Cl2FN4O8. The van der Waals surface area contributed by atoms with Gasteiger partial charge in [-0.15, -0.1) is 0 Å². The van der Waals surface area contributed by atoms with Crippen molar-refractivity contribution in [2.75, 3.05) is 13.7 Å². The molecule has 1 fully saturated rings. The molecule has 0 bridgehead atoms. The second kappa shape index (κ2) is 13.7. The molecule has 6 atom stereocenters. The van der Waals surface area contributed by atoms with E-state index in [4.69, 9.17) is 49.3 Å². The molecule has 1 saturated heterocycles. The molecule has 4 N–H and O–H groups in total. The number of aryl methyl sites for hydroxylation is 1. The second-order valence-corrected chi connectivity index (χ2v) is 10.4. The van der Waals surface area contributed by atoms with Crippen LogP contribution in [-0.4, -0.2) is 65.6 Å². The van der Waals surface area contributed by atoms with E-state index in [-0.39, 0.29) is 40.1 Å². The monoisotopic (exact) mass is 619 g/mol. The van der Waals surface area contributed by atoms with Gasteiger partial charge in [-0.2, -0.15) is 0 Å². The molecule has 0 radical (unpaired) electrons. The molecule has 2 heterocycles. The first-order chi connectivity index (χ1) is 19.6. The van der Waals surface area contributed by atoms with Crippen LogP contribution in [0.25, 0.3) is 0 Å². The van der Waals surface area contributed by atoms with Gasteiger partial charge in [0.25, 0.3) is 11.5 Å². The van der Waals surface area contributed by atoms with Crippen molar-refractivity contribution in [1.29, 1.82) is 0 Å². The summed E-state index contributed by atoms with van der Waals surface area (Å²) in [6.07, 6.45) is -6.37. The van der Waals surface area contributed by atoms with Crippen molar-refractivity contribution >= 4 is 35.1 Å². The fourth-order valence-corrected chi connectivity index (χ4v) is 4.49. The lowest BCUT2D eigenvalue weighted by Gasteiger charge is -2.23. The van der Waals surface area contributed by atoms with E-state index in [0.717, 1.165) is 10.8 Å². The van der Waals surface area contributed by atoms with Gasteiger partial charge in [-0.3, -0.25) is 23.9 Å². The number of nitrogens with one attached hydrogen (secondary N) is 2. The molecule has 1 aromatic heterocycles. The van der Waals surface area contributed by atoms with E-state index >= 15 is 4.39 Å². The number of ether oxygens (including phenoxy) is 4. The molecule has 2 aromatic rings. The summed E-state index contributed by atoms with van der Waals surface area (Å²) in [5.41, 5.74) is 4.45. The van der Waals surface area contributed by atoms with Gasteiger partial charge in [0.1, 0.15) is 23.6 Å².